The van der Waals surface area contributed by atoms with Crippen LogP contribution in [0, 0.1) is 13.8 Å². The smallest absolute Gasteiger partial charge is 0.336 e. The summed E-state index contributed by atoms with van der Waals surface area (Å²) in [5.74, 6) is -1.32. The molecule has 0 saturated carbocycles. The zero-order valence-corrected chi connectivity index (χ0v) is 13.1. The third-order valence-corrected chi connectivity index (χ3v) is 4.85. The Bertz CT molecular complexity index is 798. The molecule has 0 aliphatic heterocycles. The standard InChI is InChI=1S/C16H17NO4S/c1-11-8-14(16(18)19)12(2)15(9-11)17-10-22(20,21)13-6-4-3-5-7-13/h3-9,17H,10H2,1-2H3,(H,18,19). The first kappa shape index (κ1) is 16.0. The van der Waals surface area contributed by atoms with Gasteiger partial charge in [-0.2, -0.15) is 0 Å². The van der Waals surface area contributed by atoms with Crippen molar-refractivity contribution in [2.24, 2.45) is 0 Å². The fraction of sp³-hybridized carbons (Fsp3) is 0.188. The van der Waals surface area contributed by atoms with Crippen LogP contribution in [0.2, 0.25) is 0 Å². The van der Waals surface area contributed by atoms with Gasteiger partial charge >= 0.3 is 5.97 Å². The van der Waals surface area contributed by atoms with Gasteiger partial charge in [-0.25, -0.2) is 13.2 Å². The summed E-state index contributed by atoms with van der Waals surface area (Å²) < 4.78 is 24.5. The molecule has 0 saturated heterocycles. The van der Waals surface area contributed by atoms with Crippen LogP contribution in [0.4, 0.5) is 5.69 Å². The zero-order valence-electron chi connectivity index (χ0n) is 12.3. The van der Waals surface area contributed by atoms with Gasteiger partial charge in [-0.05, 0) is 49.2 Å². The maximum Gasteiger partial charge on any atom is 0.336 e. The van der Waals surface area contributed by atoms with E-state index in [0.29, 0.717) is 11.3 Å². The Morgan fingerprint density at radius 3 is 2.36 bits per heavy atom. The van der Waals surface area contributed by atoms with Gasteiger partial charge in [-0.1, -0.05) is 18.2 Å². The van der Waals surface area contributed by atoms with E-state index in [2.05, 4.69) is 5.32 Å². The van der Waals surface area contributed by atoms with Gasteiger partial charge in [0.05, 0.1) is 10.5 Å². The molecule has 0 unspecified atom stereocenters. The lowest BCUT2D eigenvalue weighted by Crippen LogP contribution is -2.16. The van der Waals surface area contributed by atoms with Gasteiger partial charge in [0.1, 0.15) is 5.88 Å². The van der Waals surface area contributed by atoms with Crippen molar-refractivity contribution in [1.29, 1.82) is 0 Å². The van der Waals surface area contributed by atoms with Gasteiger partial charge in [0, 0.05) is 5.69 Å². The Hall–Kier alpha value is -2.34. The van der Waals surface area contributed by atoms with Crippen molar-refractivity contribution in [1.82, 2.24) is 0 Å². The van der Waals surface area contributed by atoms with Gasteiger partial charge in [-0.15, -0.1) is 0 Å². The normalized spacial score (nSPS) is 11.2. The lowest BCUT2D eigenvalue weighted by molar-refractivity contribution is 0.0696. The van der Waals surface area contributed by atoms with Crippen molar-refractivity contribution in [3.05, 3.63) is 59.2 Å². The van der Waals surface area contributed by atoms with Gasteiger partial charge in [0.25, 0.3) is 0 Å². The van der Waals surface area contributed by atoms with E-state index < -0.39 is 15.8 Å². The third kappa shape index (κ3) is 3.46. The molecule has 2 N–H and O–H groups in total. The molecule has 0 radical (unpaired) electrons. The van der Waals surface area contributed by atoms with Crippen LogP contribution in [-0.2, 0) is 9.84 Å². The molecule has 5 nitrogen and oxygen atoms in total. The van der Waals surface area contributed by atoms with Gasteiger partial charge in [-0.3, -0.25) is 0 Å². The molecule has 0 spiro atoms. The molecule has 0 aliphatic carbocycles. The topological polar surface area (TPSA) is 83.5 Å². The molecular weight excluding hydrogens is 302 g/mol. The second-order valence-electron chi connectivity index (χ2n) is 5.04. The molecule has 2 aromatic carbocycles. The first-order chi connectivity index (χ1) is 10.3. The maximum absolute atomic E-state index is 12.2. The summed E-state index contributed by atoms with van der Waals surface area (Å²) >= 11 is 0. The number of carboxylic acids is 1. The summed E-state index contributed by atoms with van der Waals surface area (Å²) in [6.07, 6.45) is 0. The van der Waals surface area contributed by atoms with Crippen LogP contribution in [0.15, 0.2) is 47.4 Å². The van der Waals surface area contributed by atoms with Crippen molar-refractivity contribution in [3.8, 4) is 0 Å². The van der Waals surface area contributed by atoms with Gasteiger partial charge < -0.3 is 10.4 Å². The SMILES string of the molecule is Cc1cc(NCS(=O)(=O)c2ccccc2)c(C)c(C(=O)O)c1. The second-order valence-corrected chi connectivity index (χ2v) is 7.03. The Balaban J connectivity index is 2.27. The number of rotatable bonds is 5. The van der Waals surface area contributed by atoms with E-state index in [1.54, 1.807) is 44.2 Å². The number of nitrogens with one attached hydrogen (secondary N) is 1. The summed E-state index contributed by atoms with van der Waals surface area (Å²) in [6.45, 7) is 3.42. The Kier molecular flexibility index (Phi) is 4.51. The highest BCUT2D eigenvalue weighted by Crippen LogP contribution is 2.22. The van der Waals surface area contributed by atoms with Crippen molar-refractivity contribution >= 4 is 21.5 Å². The first-order valence-corrected chi connectivity index (χ1v) is 8.33. The molecule has 0 aliphatic rings. The van der Waals surface area contributed by atoms with Crippen molar-refractivity contribution in [3.63, 3.8) is 0 Å². The van der Waals surface area contributed by atoms with Crippen LogP contribution in [0.25, 0.3) is 0 Å². The van der Waals surface area contributed by atoms with Crippen LogP contribution in [-0.4, -0.2) is 25.4 Å². The largest absolute Gasteiger partial charge is 0.478 e. The number of aryl methyl sites for hydroxylation is 1. The predicted molar refractivity (Wildman–Crippen MR) is 85.0 cm³/mol. The summed E-state index contributed by atoms with van der Waals surface area (Å²) in [5, 5.41) is 12.0. The summed E-state index contributed by atoms with van der Waals surface area (Å²) in [4.78, 5) is 11.4. The summed E-state index contributed by atoms with van der Waals surface area (Å²) in [6, 6.07) is 11.4. The minimum atomic E-state index is -3.48. The minimum absolute atomic E-state index is 0.166. The van der Waals surface area contributed by atoms with E-state index in [0.717, 1.165) is 5.56 Å². The lowest BCUT2D eigenvalue weighted by Gasteiger charge is -2.13. The fourth-order valence-electron chi connectivity index (χ4n) is 2.15. The molecule has 0 fully saturated rings. The van der Waals surface area contributed by atoms with E-state index in [-0.39, 0.29) is 16.3 Å². The molecule has 0 aromatic heterocycles. The Morgan fingerprint density at radius 2 is 1.77 bits per heavy atom. The number of benzene rings is 2. The predicted octanol–water partition coefficient (Wildman–Crippen LogP) is 2.84. The Morgan fingerprint density at radius 1 is 1.14 bits per heavy atom. The van der Waals surface area contributed by atoms with E-state index >= 15 is 0 Å². The quantitative estimate of drug-likeness (QED) is 0.885. The molecule has 0 amide bonds. The summed E-state index contributed by atoms with van der Waals surface area (Å²) in [7, 11) is -3.48. The average Bonchev–Trinajstić information content (AvgIpc) is 2.48. The molecule has 6 heteroatoms. The number of hydrogen-bond acceptors (Lipinski definition) is 4. The number of carboxylic acid groups (broad SMARTS) is 1. The third-order valence-electron chi connectivity index (χ3n) is 3.34. The minimum Gasteiger partial charge on any atom is -0.478 e. The van der Waals surface area contributed by atoms with Crippen LogP contribution < -0.4 is 5.32 Å². The summed E-state index contributed by atoms with van der Waals surface area (Å²) in [5.41, 5.74) is 1.94. The number of aromatic carboxylic acids is 1. The highest BCUT2D eigenvalue weighted by atomic mass is 32.2. The van der Waals surface area contributed by atoms with Crippen molar-refractivity contribution < 1.29 is 18.3 Å². The average molecular weight is 319 g/mol. The van der Waals surface area contributed by atoms with Crippen molar-refractivity contribution in [2.75, 3.05) is 11.2 Å². The second kappa shape index (κ2) is 6.19. The Labute approximate surface area is 129 Å². The van der Waals surface area contributed by atoms with Crippen LogP contribution in [0.5, 0.6) is 0 Å². The van der Waals surface area contributed by atoms with Crippen LogP contribution >= 0.6 is 0 Å². The zero-order chi connectivity index (χ0) is 16.3. The van der Waals surface area contributed by atoms with Crippen molar-refractivity contribution in [2.45, 2.75) is 18.7 Å². The van der Waals surface area contributed by atoms with Gasteiger partial charge in [0.2, 0.25) is 0 Å². The van der Waals surface area contributed by atoms with Gasteiger partial charge in [0.15, 0.2) is 9.84 Å². The molecule has 22 heavy (non-hydrogen) atoms. The lowest BCUT2D eigenvalue weighted by atomic mass is 10.0. The van der Waals surface area contributed by atoms with E-state index in [1.807, 2.05) is 0 Å². The number of sulfone groups is 1. The molecule has 116 valence electrons. The molecule has 2 rings (SSSR count). The highest BCUT2D eigenvalue weighted by Gasteiger charge is 2.16. The monoisotopic (exact) mass is 319 g/mol. The van der Waals surface area contributed by atoms with E-state index in [1.165, 1.54) is 12.1 Å². The fourth-order valence-corrected chi connectivity index (χ4v) is 3.23. The molecule has 0 bridgehead atoms. The van der Waals surface area contributed by atoms with E-state index in [4.69, 9.17) is 0 Å². The molecular formula is C16H17NO4S. The van der Waals surface area contributed by atoms with Crippen LogP contribution in [0.3, 0.4) is 0 Å². The van der Waals surface area contributed by atoms with E-state index in [9.17, 15) is 18.3 Å². The molecule has 0 atom stereocenters. The van der Waals surface area contributed by atoms with Crippen LogP contribution in [0.1, 0.15) is 21.5 Å². The molecule has 0 heterocycles. The number of anilines is 1. The molecule has 2 aromatic rings. The number of carbonyl (C=O) groups is 1. The highest BCUT2D eigenvalue weighted by molar-refractivity contribution is 7.91. The number of hydrogen-bond donors (Lipinski definition) is 2. The first-order valence-electron chi connectivity index (χ1n) is 6.67. The maximum atomic E-state index is 12.2.